The lowest BCUT2D eigenvalue weighted by Gasteiger charge is -2.26. The molecule has 0 bridgehead atoms. The number of rotatable bonds is 8. The molecule has 0 amide bonds. The van der Waals surface area contributed by atoms with Gasteiger partial charge in [-0.25, -0.2) is 0 Å². The number of carbonyl (C=O) groups is 1. The van der Waals surface area contributed by atoms with Gasteiger partial charge >= 0.3 is 0 Å². The zero-order valence-electron chi connectivity index (χ0n) is 26.6. The Kier molecular flexibility index (Phi) is 8.32. The highest BCUT2D eigenvalue weighted by Gasteiger charge is 2.13. The van der Waals surface area contributed by atoms with Gasteiger partial charge in [-0.1, -0.05) is 145 Å². The van der Waals surface area contributed by atoms with Crippen LogP contribution in [0.2, 0.25) is 0 Å². The van der Waals surface area contributed by atoms with E-state index in [1.807, 2.05) is 24.3 Å². The lowest BCUT2D eigenvalue weighted by molar-refractivity contribution is 0.112. The first-order valence-corrected chi connectivity index (χ1v) is 15.9. The summed E-state index contributed by atoms with van der Waals surface area (Å²) >= 11 is 0. The average Bonchev–Trinajstić information content (AvgIpc) is 3.14. The summed E-state index contributed by atoms with van der Waals surface area (Å²) in [7, 11) is 0. The van der Waals surface area contributed by atoms with Gasteiger partial charge in [0.25, 0.3) is 0 Å². The Labute approximate surface area is 277 Å². The molecule has 7 aromatic carbocycles. The number of carbonyl (C=O) groups excluding carboxylic acids is 1. The molecule has 0 radical (unpaired) electrons. The van der Waals surface area contributed by atoms with E-state index in [0.29, 0.717) is 5.56 Å². The van der Waals surface area contributed by atoms with Crippen LogP contribution < -0.4 is 4.90 Å². The van der Waals surface area contributed by atoms with Crippen LogP contribution in [0, 0.1) is 13.8 Å². The quantitative estimate of drug-likeness (QED) is 0.161. The van der Waals surface area contributed by atoms with E-state index in [4.69, 9.17) is 0 Å². The predicted octanol–water partition coefficient (Wildman–Crippen LogP) is 12.3. The minimum atomic E-state index is 0.689. The molecule has 0 aromatic heterocycles. The summed E-state index contributed by atoms with van der Waals surface area (Å²) in [4.78, 5) is 13.3. The largest absolute Gasteiger partial charge is 0.311 e. The summed E-state index contributed by atoms with van der Waals surface area (Å²) in [6.07, 6.45) is 0.872. The standard InChI is InChI=1S/C45H35NO/c1-32-3-25-43(26-4-32)46(44-27-5-33(2)6-28-44)45-29-23-42(24-30-45)41-21-19-40(20-22-41)39-17-15-38(16-18-39)37-13-11-36(12-14-37)35-9-7-34(31-47)8-10-35/h3-31H,1-2H3. The Bertz CT molecular complexity index is 2050. The Balaban J connectivity index is 1.07. The molecule has 47 heavy (non-hydrogen) atoms. The minimum absolute atomic E-state index is 0.689. The number of hydrogen-bond acceptors (Lipinski definition) is 2. The summed E-state index contributed by atoms with van der Waals surface area (Å²) < 4.78 is 0. The van der Waals surface area contributed by atoms with E-state index < -0.39 is 0 Å². The smallest absolute Gasteiger partial charge is 0.150 e. The van der Waals surface area contributed by atoms with Gasteiger partial charge in [0.15, 0.2) is 0 Å². The van der Waals surface area contributed by atoms with Crippen LogP contribution in [0.1, 0.15) is 21.5 Å². The molecular formula is C45H35NO. The third-order valence-corrected chi connectivity index (χ3v) is 8.74. The molecule has 7 rings (SSSR count). The minimum Gasteiger partial charge on any atom is -0.311 e. The van der Waals surface area contributed by atoms with Crippen molar-refractivity contribution < 1.29 is 4.79 Å². The number of nitrogens with zero attached hydrogens (tertiary/aromatic N) is 1. The Morgan fingerprint density at radius 2 is 0.532 bits per heavy atom. The molecule has 226 valence electrons. The summed E-state index contributed by atoms with van der Waals surface area (Å²) in [5.41, 5.74) is 15.9. The summed E-state index contributed by atoms with van der Waals surface area (Å²) in [5.74, 6) is 0. The van der Waals surface area contributed by atoms with Gasteiger partial charge in [0, 0.05) is 22.6 Å². The third-order valence-electron chi connectivity index (χ3n) is 8.74. The number of anilines is 3. The summed E-state index contributed by atoms with van der Waals surface area (Å²) in [5, 5.41) is 0. The van der Waals surface area contributed by atoms with Crippen molar-refractivity contribution in [2.45, 2.75) is 13.8 Å². The molecule has 0 aliphatic rings. The third kappa shape index (κ3) is 6.54. The van der Waals surface area contributed by atoms with Crippen LogP contribution in [0.4, 0.5) is 17.1 Å². The first-order valence-electron chi connectivity index (χ1n) is 15.9. The molecule has 2 nitrogen and oxygen atoms in total. The lowest BCUT2D eigenvalue weighted by Crippen LogP contribution is -2.09. The van der Waals surface area contributed by atoms with Gasteiger partial charge in [-0.05, 0) is 94.8 Å². The van der Waals surface area contributed by atoms with Crippen LogP contribution in [0.5, 0.6) is 0 Å². The second-order valence-corrected chi connectivity index (χ2v) is 12.0. The first-order chi connectivity index (χ1) is 23.0. The molecule has 0 aliphatic carbocycles. The van der Waals surface area contributed by atoms with Crippen LogP contribution >= 0.6 is 0 Å². The molecule has 2 heteroatoms. The van der Waals surface area contributed by atoms with Crippen LogP contribution in [-0.2, 0) is 0 Å². The molecular weight excluding hydrogens is 571 g/mol. The Hall–Kier alpha value is -5.99. The fourth-order valence-corrected chi connectivity index (χ4v) is 5.96. The molecule has 0 fully saturated rings. The van der Waals surface area contributed by atoms with Crippen LogP contribution in [0.25, 0.3) is 44.5 Å². The van der Waals surface area contributed by atoms with Crippen molar-refractivity contribution >= 4 is 23.3 Å². The van der Waals surface area contributed by atoms with Crippen molar-refractivity contribution in [1.82, 2.24) is 0 Å². The number of benzene rings is 7. The lowest BCUT2D eigenvalue weighted by atomic mass is 9.97. The van der Waals surface area contributed by atoms with Gasteiger partial charge < -0.3 is 4.90 Å². The van der Waals surface area contributed by atoms with Crippen LogP contribution in [0.3, 0.4) is 0 Å². The van der Waals surface area contributed by atoms with E-state index in [-0.39, 0.29) is 0 Å². The van der Waals surface area contributed by atoms with Gasteiger partial charge in [0.2, 0.25) is 0 Å². The molecule has 0 saturated carbocycles. The highest BCUT2D eigenvalue weighted by atomic mass is 16.1. The maximum atomic E-state index is 11.0. The average molecular weight is 606 g/mol. The normalized spacial score (nSPS) is 10.9. The Morgan fingerprint density at radius 3 is 0.787 bits per heavy atom. The Morgan fingerprint density at radius 1 is 0.319 bits per heavy atom. The van der Waals surface area contributed by atoms with Gasteiger partial charge in [0.1, 0.15) is 6.29 Å². The zero-order valence-corrected chi connectivity index (χ0v) is 26.6. The molecule has 7 aromatic rings. The van der Waals surface area contributed by atoms with Crippen molar-refractivity contribution in [2.24, 2.45) is 0 Å². The van der Waals surface area contributed by atoms with Crippen LogP contribution in [-0.4, -0.2) is 6.29 Å². The van der Waals surface area contributed by atoms with Crippen molar-refractivity contribution in [3.05, 3.63) is 187 Å². The fraction of sp³-hybridized carbons (Fsp3) is 0.0444. The topological polar surface area (TPSA) is 20.3 Å². The van der Waals surface area contributed by atoms with E-state index >= 15 is 0 Å². The van der Waals surface area contributed by atoms with Crippen molar-refractivity contribution in [3.8, 4) is 44.5 Å². The van der Waals surface area contributed by atoms with E-state index in [1.165, 1.54) is 44.5 Å². The van der Waals surface area contributed by atoms with E-state index in [1.54, 1.807) is 0 Å². The van der Waals surface area contributed by atoms with Gasteiger partial charge in [-0.15, -0.1) is 0 Å². The van der Waals surface area contributed by atoms with Gasteiger partial charge in [-0.3, -0.25) is 4.79 Å². The molecule has 0 unspecified atom stereocenters. The zero-order chi connectivity index (χ0) is 32.2. The van der Waals surface area contributed by atoms with E-state index in [0.717, 1.165) is 34.5 Å². The molecule has 0 aliphatic heterocycles. The van der Waals surface area contributed by atoms with Crippen molar-refractivity contribution in [3.63, 3.8) is 0 Å². The molecule has 0 heterocycles. The van der Waals surface area contributed by atoms with Gasteiger partial charge in [0.05, 0.1) is 0 Å². The number of aldehydes is 1. The fourth-order valence-electron chi connectivity index (χ4n) is 5.96. The SMILES string of the molecule is Cc1ccc(N(c2ccc(C)cc2)c2ccc(-c3ccc(-c4ccc(-c5ccc(-c6ccc(C=O)cc6)cc5)cc4)cc3)cc2)cc1. The number of aryl methyl sites for hydroxylation is 2. The maximum absolute atomic E-state index is 11.0. The number of hydrogen-bond donors (Lipinski definition) is 0. The molecule has 0 atom stereocenters. The first kappa shape index (κ1) is 29.7. The molecule has 0 spiro atoms. The summed E-state index contributed by atoms with van der Waals surface area (Å²) in [6, 6.07) is 60.0. The van der Waals surface area contributed by atoms with Crippen molar-refractivity contribution in [1.29, 1.82) is 0 Å². The monoisotopic (exact) mass is 605 g/mol. The van der Waals surface area contributed by atoms with Gasteiger partial charge in [-0.2, -0.15) is 0 Å². The second kappa shape index (κ2) is 13.2. The molecule has 0 N–H and O–H groups in total. The predicted molar refractivity (Wildman–Crippen MR) is 198 cm³/mol. The van der Waals surface area contributed by atoms with E-state index in [2.05, 4.69) is 164 Å². The highest BCUT2D eigenvalue weighted by Crippen LogP contribution is 2.36. The molecule has 0 saturated heterocycles. The van der Waals surface area contributed by atoms with Crippen molar-refractivity contribution in [2.75, 3.05) is 4.90 Å². The maximum Gasteiger partial charge on any atom is 0.150 e. The van der Waals surface area contributed by atoms with E-state index in [9.17, 15) is 4.79 Å². The highest BCUT2D eigenvalue weighted by molar-refractivity contribution is 5.80. The summed E-state index contributed by atoms with van der Waals surface area (Å²) in [6.45, 7) is 4.24. The van der Waals surface area contributed by atoms with Crippen LogP contribution in [0.15, 0.2) is 170 Å². The second-order valence-electron chi connectivity index (χ2n) is 12.0.